The van der Waals surface area contributed by atoms with Gasteiger partial charge >= 0.3 is 0 Å². The number of fused-ring (bicyclic) bond motifs is 1. The van der Waals surface area contributed by atoms with Crippen LogP contribution in [0.1, 0.15) is 37.2 Å². The number of nitrogens with two attached hydrogens (primary N) is 1. The molecule has 0 aliphatic carbocycles. The molecule has 0 saturated heterocycles. The lowest BCUT2D eigenvalue weighted by Gasteiger charge is -2.22. The van der Waals surface area contributed by atoms with Crippen LogP contribution in [-0.2, 0) is 0 Å². The minimum atomic E-state index is -0.204. The molecule has 2 aromatic rings. The van der Waals surface area contributed by atoms with Crippen molar-refractivity contribution in [3.63, 3.8) is 0 Å². The summed E-state index contributed by atoms with van der Waals surface area (Å²) in [5.74, 6) is 2.69. The molecule has 0 fully saturated rings. The van der Waals surface area contributed by atoms with Gasteiger partial charge in [0.2, 0.25) is 11.7 Å². The molecule has 1 aromatic heterocycles. The van der Waals surface area contributed by atoms with E-state index in [4.69, 9.17) is 15.0 Å². The molecular formula is C13H15N3O2S. The highest BCUT2D eigenvalue weighted by atomic mass is 32.2. The normalized spacial score (nSPS) is 19.6. The van der Waals surface area contributed by atoms with Crippen molar-refractivity contribution in [1.29, 1.82) is 0 Å². The highest BCUT2D eigenvalue weighted by Crippen LogP contribution is 2.39. The molecule has 0 spiro atoms. The van der Waals surface area contributed by atoms with Gasteiger partial charge in [-0.1, -0.05) is 24.2 Å². The summed E-state index contributed by atoms with van der Waals surface area (Å²) in [6, 6.07) is 7.75. The molecule has 1 aliphatic rings. The van der Waals surface area contributed by atoms with Crippen molar-refractivity contribution in [3.05, 3.63) is 36.0 Å². The molecule has 1 unspecified atom stereocenters. The summed E-state index contributed by atoms with van der Waals surface area (Å²) in [4.78, 5) is 5.48. The van der Waals surface area contributed by atoms with E-state index in [0.717, 1.165) is 22.8 Å². The molecule has 6 heteroatoms. The second-order valence-electron chi connectivity index (χ2n) is 4.37. The molecular weight excluding hydrogens is 262 g/mol. The van der Waals surface area contributed by atoms with Crippen LogP contribution in [0.25, 0.3) is 0 Å². The lowest BCUT2D eigenvalue weighted by molar-refractivity contribution is 0.205. The van der Waals surface area contributed by atoms with E-state index in [1.807, 2.05) is 31.2 Å². The van der Waals surface area contributed by atoms with Crippen molar-refractivity contribution in [2.75, 3.05) is 5.75 Å². The van der Waals surface area contributed by atoms with Crippen molar-refractivity contribution in [3.8, 4) is 5.75 Å². The number of nitrogens with zero attached hydrogens (tertiary/aromatic N) is 2. The number of rotatable bonds is 3. The molecule has 0 radical (unpaired) electrons. The van der Waals surface area contributed by atoms with Crippen LogP contribution in [0, 0.1) is 0 Å². The largest absolute Gasteiger partial charge is 0.480 e. The van der Waals surface area contributed by atoms with Gasteiger partial charge in [0.25, 0.3) is 0 Å². The van der Waals surface area contributed by atoms with Crippen molar-refractivity contribution in [1.82, 2.24) is 10.1 Å². The maximum atomic E-state index is 5.90. The zero-order valence-electron chi connectivity index (χ0n) is 10.6. The summed E-state index contributed by atoms with van der Waals surface area (Å²) in [5, 5.41) is 3.98. The summed E-state index contributed by atoms with van der Waals surface area (Å²) in [7, 11) is 0. The number of hydrogen-bond donors (Lipinski definition) is 1. The van der Waals surface area contributed by atoms with Gasteiger partial charge in [-0.2, -0.15) is 4.98 Å². The third-order valence-electron chi connectivity index (χ3n) is 3.01. The number of para-hydroxylation sites is 1. The van der Waals surface area contributed by atoms with Gasteiger partial charge < -0.3 is 15.0 Å². The summed E-state index contributed by atoms with van der Waals surface area (Å²) < 4.78 is 11.1. The number of ether oxygens (including phenoxy) is 1. The van der Waals surface area contributed by atoms with Gasteiger partial charge in [0, 0.05) is 10.6 Å². The lowest BCUT2D eigenvalue weighted by atomic mass is 10.2. The Bertz CT molecular complexity index is 573. The van der Waals surface area contributed by atoms with Crippen LogP contribution in [0.4, 0.5) is 0 Å². The van der Waals surface area contributed by atoms with Gasteiger partial charge in [-0.25, -0.2) is 0 Å². The highest BCUT2D eigenvalue weighted by molar-refractivity contribution is 7.99. The molecule has 0 saturated carbocycles. The smallest absolute Gasteiger partial charge is 0.243 e. The summed E-state index contributed by atoms with van der Waals surface area (Å²) in [5.41, 5.74) is 5.87. The Hall–Kier alpha value is -1.53. The first-order valence-electron chi connectivity index (χ1n) is 6.25. The predicted octanol–water partition coefficient (Wildman–Crippen LogP) is 2.71. The fraction of sp³-hybridized carbons (Fsp3) is 0.385. The maximum absolute atomic E-state index is 5.90. The van der Waals surface area contributed by atoms with E-state index in [-0.39, 0.29) is 12.1 Å². The fourth-order valence-electron chi connectivity index (χ4n) is 1.85. The molecule has 2 N–H and O–H groups in total. The Morgan fingerprint density at radius 1 is 1.47 bits per heavy atom. The zero-order chi connectivity index (χ0) is 13.2. The number of thioether (sulfide) groups is 1. The zero-order valence-corrected chi connectivity index (χ0v) is 11.4. The Morgan fingerprint density at radius 2 is 2.32 bits per heavy atom. The van der Waals surface area contributed by atoms with Crippen molar-refractivity contribution in [2.24, 2.45) is 5.73 Å². The van der Waals surface area contributed by atoms with Crippen molar-refractivity contribution in [2.45, 2.75) is 30.4 Å². The van der Waals surface area contributed by atoms with Crippen molar-refractivity contribution < 1.29 is 9.26 Å². The van der Waals surface area contributed by atoms with E-state index in [1.54, 1.807) is 11.8 Å². The van der Waals surface area contributed by atoms with Crippen LogP contribution < -0.4 is 10.5 Å². The summed E-state index contributed by atoms with van der Waals surface area (Å²) in [6.45, 7) is 1.98. The third kappa shape index (κ3) is 2.46. The molecule has 5 nitrogen and oxygen atoms in total. The van der Waals surface area contributed by atoms with E-state index in [1.165, 1.54) is 0 Å². The molecule has 2 heterocycles. The second-order valence-corrected chi connectivity index (χ2v) is 5.43. The van der Waals surface area contributed by atoms with Crippen LogP contribution in [-0.4, -0.2) is 15.9 Å². The van der Waals surface area contributed by atoms with Gasteiger partial charge in [-0.3, -0.25) is 0 Å². The number of hydrogen-bond acceptors (Lipinski definition) is 6. The second kappa shape index (κ2) is 5.22. The molecule has 19 heavy (non-hydrogen) atoms. The van der Waals surface area contributed by atoms with Crippen LogP contribution in [0.15, 0.2) is 33.7 Å². The SMILES string of the molecule is CC[C@@H](N)c1nc(C2CSc3ccccc3O2)no1. The van der Waals surface area contributed by atoms with Gasteiger partial charge in [0.1, 0.15) is 5.75 Å². The first-order chi connectivity index (χ1) is 9.28. The topological polar surface area (TPSA) is 74.2 Å². The molecule has 0 bridgehead atoms. The van der Waals surface area contributed by atoms with Crippen molar-refractivity contribution >= 4 is 11.8 Å². The number of aromatic nitrogens is 2. The van der Waals surface area contributed by atoms with Crippen LogP contribution in [0.3, 0.4) is 0 Å². The van der Waals surface area contributed by atoms with Crippen LogP contribution >= 0.6 is 11.8 Å². The molecule has 0 amide bonds. The minimum absolute atomic E-state index is 0.179. The Labute approximate surface area is 115 Å². The quantitative estimate of drug-likeness (QED) is 0.929. The maximum Gasteiger partial charge on any atom is 0.243 e. The molecule has 100 valence electrons. The standard InChI is InChI=1S/C13H15N3O2S/c1-2-8(14)13-15-12(16-18-13)10-7-19-11-6-4-3-5-9(11)17-10/h3-6,8,10H,2,7,14H2,1H3/t8-,10?/m1/s1. The minimum Gasteiger partial charge on any atom is -0.480 e. The lowest BCUT2D eigenvalue weighted by Crippen LogP contribution is -2.16. The highest BCUT2D eigenvalue weighted by Gasteiger charge is 2.26. The fourth-order valence-corrected chi connectivity index (χ4v) is 2.83. The van der Waals surface area contributed by atoms with E-state index >= 15 is 0 Å². The molecule has 1 aromatic carbocycles. The van der Waals surface area contributed by atoms with Gasteiger partial charge in [-0.15, -0.1) is 11.8 Å². The average Bonchev–Trinajstić information content (AvgIpc) is 2.95. The Morgan fingerprint density at radius 3 is 3.16 bits per heavy atom. The Balaban J connectivity index is 1.79. The van der Waals surface area contributed by atoms with Gasteiger partial charge in [0.05, 0.1) is 6.04 Å². The van der Waals surface area contributed by atoms with E-state index in [9.17, 15) is 0 Å². The monoisotopic (exact) mass is 277 g/mol. The van der Waals surface area contributed by atoms with E-state index in [0.29, 0.717) is 11.7 Å². The first kappa shape index (κ1) is 12.5. The van der Waals surface area contributed by atoms with E-state index in [2.05, 4.69) is 10.1 Å². The average molecular weight is 277 g/mol. The summed E-state index contributed by atoms with van der Waals surface area (Å²) in [6.07, 6.45) is 0.589. The van der Waals surface area contributed by atoms with Crippen LogP contribution in [0.2, 0.25) is 0 Å². The van der Waals surface area contributed by atoms with Gasteiger partial charge in [-0.05, 0) is 18.6 Å². The van der Waals surface area contributed by atoms with Crippen LogP contribution in [0.5, 0.6) is 5.75 Å². The Kier molecular flexibility index (Phi) is 3.44. The molecule has 1 aliphatic heterocycles. The predicted molar refractivity (Wildman–Crippen MR) is 72.1 cm³/mol. The van der Waals surface area contributed by atoms with E-state index < -0.39 is 0 Å². The number of benzene rings is 1. The third-order valence-corrected chi connectivity index (χ3v) is 4.13. The first-order valence-corrected chi connectivity index (χ1v) is 7.24. The molecule has 3 rings (SSSR count). The van der Waals surface area contributed by atoms with Gasteiger partial charge in [0.15, 0.2) is 6.10 Å². The summed E-state index contributed by atoms with van der Waals surface area (Å²) >= 11 is 1.74. The molecule has 2 atom stereocenters.